The van der Waals surface area contributed by atoms with Gasteiger partial charge in [0.15, 0.2) is 8.83 Å². The first-order valence-corrected chi connectivity index (χ1v) is 5.90. The number of rotatable bonds is 2. The van der Waals surface area contributed by atoms with Gasteiger partial charge in [-0.3, -0.25) is 0 Å². The zero-order valence-corrected chi connectivity index (χ0v) is 7.97. The molecule has 0 unspecified atom stereocenters. The second-order valence-corrected chi connectivity index (χ2v) is 3.87. The van der Waals surface area contributed by atoms with Crippen molar-refractivity contribution in [1.29, 1.82) is 0 Å². The lowest BCUT2D eigenvalue weighted by molar-refractivity contribution is 0.415. The summed E-state index contributed by atoms with van der Waals surface area (Å²) in [6.45, 7) is 0. The van der Waals surface area contributed by atoms with Gasteiger partial charge < -0.3 is 4.74 Å². The Morgan fingerprint density at radius 2 is 1.90 bits per heavy atom. The molecule has 0 saturated carbocycles. The number of hydrogen-bond acceptors (Lipinski definition) is 1. The van der Waals surface area contributed by atoms with Gasteiger partial charge in [0.05, 0.1) is 7.11 Å². The predicted molar refractivity (Wildman–Crippen MR) is 47.0 cm³/mol. The number of ether oxygens (including phenoxy) is 1. The van der Waals surface area contributed by atoms with Crippen molar-refractivity contribution in [2.45, 2.75) is 0 Å². The Balaban J connectivity index is 2.80. The standard InChI is InChI=1S/C7H9ClOSi/c1-9-6-2-4-7(10-8)5-3-6/h2-5H,10H2,1H3. The van der Waals surface area contributed by atoms with E-state index in [-0.39, 0.29) is 0 Å². The average molecular weight is 173 g/mol. The fraction of sp³-hybridized carbons (Fsp3) is 0.143. The van der Waals surface area contributed by atoms with Crippen LogP contribution in [0.5, 0.6) is 5.75 Å². The van der Waals surface area contributed by atoms with Crippen LogP contribution >= 0.6 is 11.1 Å². The van der Waals surface area contributed by atoms with Gasteiger partial charge in [0.1, 0.15) is 5.75 Å². The number of methoxy groups -OCH3 is 1. The lowest BCUT2D eigenvalue weighted by atomic mass is 10.3. The van der Waals surface area contributed by atoms with E-state index >= 15 is 0 Å². The summed E-state index contributed by atoms with van der Waals surface area (Å²) in [7, 11) is 1.14. The fourth-order valence-electron chi connectivity index (χ4n) is 0.715. The third-order valence-electron chi connectivity index (χ3n) is 1.31. The van der Waals surface area contributed by atoms with E-state index in [2.05, 4.69) is 0 Å². The van der Waals surface area contributed by atoms with E-state index in [4.69, 9.17) is 15.8 Å². The predicted octanol–water partition coefficient (Wildman–Crippen LogP) is 0.643. The van der Waals surface area contributed by atoms with Crippen LogP contribution in [0.3, 0.4) is 0 Å². The number of hydrogen-bond donors (Lipinski definition) is 0. The van der Waals surface area contributed by atoms with Crippen molar-refractivity contribution in [3.05, 3.63) is 24.3 Å². The smallest absolute Gasteiger partial charge is 0.155 e. The molecule has 0 aromatic heterocycles. The molecule has 1 aromatic rings. The van der Waals surface area contributed by atoms with Crippen LogP contribution in [0.1, 0.15) is 0 Å². The Morgan fingerprint density at radius 3 is 2.30 bits per heavy atom. The maximum atomic E-state index is 5.72. The highest BCUT2D eigenvalue weighted by Gasteiger charge is 1.90. The Kier molecular flexibility index (Phi) is 2.77. The minimum Gasteiger partial charge on any atom is -0.497 e. The molecule has 0 radical (unpaired) electrons. The van der Waals surface area contributed by atoms with E-state index in [1.807, 2.05) is 24.3 Å². The molecule has 0 N–H and O–H groups in total. The van der Waals surface area contributed by atoms with E-state index < -0.39 is 8.83 Å². The van der Waals surface area contributed by atoms with E-state index in [1.165, 1.54) is 5.19 Å². The fourth-order valence-corrected chi connectivity index (χ4v) is 1.66. The third-order valence-corrected chi connectivity index (χ3v) is 3.02. The largest absolute Gasteiger partial charge is 0.497 e. The van der Waals surface area contributed by atoms with Crippen LogP contribution in [0.15, 0.2) is 24.3 Å². The molecule has 0 amide bonds. The van der Waals surface area contributed by atoms with Crippen molar-refractivity contribution >= 4 is 25.1 Å². The second-order valence-electron chi connectivity index (χ2n) is 1.98. The zero-order valence-electron chi connectivity index (χ0n) is 5.80. The van der Waals surface area contributed by atoms with Gasteiger partial charge in [-0.15, -0.1) is 0 Å². The first kappa shape index (κ1) is 7.63. The maximum Gasteiger partial charge on any atom is 0.155 e. The molecule has 0 aliphatic heterocycles. The molecule has 0 aliphatic rings. The van der Waals surface area contributed by atoms with Crippen molar-refractivity contribution in [1.82, 2.24) is 0 Å². The summed E-state index contributed by atoms with van der Waals surface area (Å²) in [5.74, 6) is 0.892. The Bertz CT molecular complexity index is 174. The molecule has 0 saturated heterocycles. The molecule has 0 atom stereocenters. The van der Waals surface area contributed by atoms with Gasteiger partial charge in [0.25, 0.3) is 0 Å². The second kappa shape index (κ2) is 3.64. The molecule has 3 heteroatoms. The van der Waals surface area contributed by atoms with Crippen LogP contribution in [0.25, 0.3) is 0 Å². The van der Waals surface area contributed by atoms with E-state index in [0.717, 1.165) is 5.75 Å². The Hall–Kier alpha value is -0.473. The molecule has 0 fully saturated rings. The van der Waals surface area contributed by atoms with Crippen LogP contribution < -0.4 is 9.92 Å². The minimum absolute atomic E-state index is 0.516. The molecular formula is C7H9ClOSi. The molecule has 0 aliphatic carbocycles. The van der Waals surface area contributed by atoms with Crippen molar-refractivity contribution < 1.29 is 4.74 Å². The Morgan fingerprint density at radius 1 is 1.30 bits per heavy atom. The summed E-state index contributed by atoms with van der Waals surface area (Å²) in [6, 6.07) is 7.89. The molecule has 1 aromatic carbocycles. The summed E-state index contributed by atoms with van der Waals surface area (Å²) < 4.78 is 4.99. The van der Waals surface area contributed by atoms with E-state index in [9.17, 15) is 0 Å². The molecule has 1 nitrogen and oxygen atoms in total. The average Bonchev–Trinajstić information content (AvgIpc) is 2.05. The highest BCUT2D eigenvalue weighted by molar-refractivity contribution is 7.01. The first-order valence-electron chi connectivity index (χ1n) is 3.05. The summed E-state index contributed by atoms with van der Waals surface area (Å²) in [5, 5.41) is 1.25. The normalized spacial score (nSPS) is 10.6. The van der Waals surface area contributed by atoms with Crippen LogP contribution in [-0.4, -0.2) is 15.9 Å². The van der Waals surface area contributed by atoms with Gasteiger partial charge in [-0.2, -0.15) is 11.1 Å². The molecular weight excluding hydrogens is 164 g/mol. The summed E-state index contributed by atoms with van der Waals surface area (Å²) in [4.78, 5) is 0. The summed E-state index contributed by atoms with van der Waals surface area (Å²) in [6.07, 6.45) is 0. The van der Waals surface area contributed by atoms with Crippen molar-refractivity contribution in [3.8, 4) is 5.75 Å². The quantitative estimate of drug-likeness (QED) is 0.470. The van der Waals surface area contributed by atoms with Crippen LogP contribution in [0.2, 0.25) is 0 Å². The van der Waals surface area contributed by atoms with Crippen molar-refractivity contribution in [2.75, 3.05) is 7.11 Å². The van der Waals surface area contributed by atoms with Gasteiger partial charge in [-0.05, 0) is 17.3 Å². The first-order chi connectivity index (χ1) is 4.86. The molecule has 0 heterocycles. The molecule has 10 heavy (non-hydrogen) atoms. The highest BCUT2D eigenvalue weighted by Crippen LogP contribution is 2.05. The number of benzene rings is 1. The third kappa shape index (κ3) is 1.75. The Labute approximate surface area is 67.5 Å². The summed E-state index contributed by atoms with van der Waals surface area (Å²) in [5.41, 5.74) is 0. The van der Waals surface area contributed by atoms with E-state index in [0.29, 0.717) is 0 Å². The molecule has 54 valence electrons. The molecule has 0 bridgehead atoms. The molecule has 1 rings (SSSR count). The SMILES string of the molecule is COc1ccc([SiH2]Cl)cc1. The van der Waals surface area contributed by atoms with Gasteiger partial charge in [-0.25, -0.2) is 0 Å². The van der Waals surface area contributed by atoms with Gasteiger partial charge in [0, 0.05) is 0 Å². The van der Waals surface area contributed by atoms with Gasteiger partial charge >= 0.3 is 0 Å². The lowest BCUT2D eigenvalue weighted by Crippen LogP contribution is -2.06. The lowest BCUT2D eigenvalue weighted by Gasteiger charge is -1.98. The van der Waals surface area contributed by atoms with Crippen LogP contribution in [0.4, 0.5) is 0 Å². The number of halogens is 1. The monoisotopic (exact) mass is 172 g/mol. The summed E-state index contributed by atoms with van der Waals surface area (Å²) >= 11 is 5.72. The minimum atomic E-state index is -0.516. The topological polar surface area (TPSA) is 9.23 Å². The van der Waals surface area contributed by atoms with E-state index in [1.54, 1.807) is 7.11 Å². The highest BCUT2D eigenvalue weighted by atomic mass is 35.6. The maximum absolute atomic E-state index is 5.72. The zero-order chi connectivity index (χ0) is 7.40. The van der Waals surface area contributed by atoms with Crippen molar-refractivity contribution in [2.24, 2.45) is 0 Å². The van der Waals surface area contributed by atoms with Crippen molar-refractivity contribution in [3.63, 3.8) is 0 Å². The van der Waals surface area contributed by atoms with Crippen LogP contribution in [0, 0.1) is 0 Å². The van der Waals surface area contributed by atoms with Gasteiger partial charge in [-0.1, -0.05) is 12.1 Å². The molecule has 0 spiro atoms. The van der Waals surface area contributed by atoms with Crippen LogP contribution in [-0.2, 0) is 0 Å². The van der Waals surface area contributed by atoms with Gasteiger partial charge in [0.2, 0.25) is 0 Å².